The molecule has 5 heteroatoms. The molecule has 1 saturated heterocycles. The number of benzene rings is 1. The van der Waals surface area contributed by atoms with Crippen molar-refractivity contribution in [1.29, 1.82) is 0 Å². The largest absolute Gasteiger partial charge is 0.368 e. The van der Waals surface area contributed by atoms with Gasteiger partial charge in [-0.2, -0.15) is 0 Å². The summed E-state index contributed by atoms with van der Waals surface area (Å²) < 4.78 is 2.08. The van der Waals surface area contributed by atoms with Crippen LogP contribution in [0.5, 0.6) is 0 Å². The standard InChI is InChI=1S/C18H20N2O3/c21-14-16-6-9-19(13-16)17-7-10-20(11-8-17)23-18(22)12-15-4-2-1-3-5-15/h1-6,9,13-14,17H,7-8,10-12H2. The van der Waals surface area contributed by atoms with Crippen LogP contribution in [0.3, 0.4) is 0 Å². The van der Waals surface area contributed by atoms with Gasteiger partial charge in [0.15, 0.2) is 6.29 Å². The van der Waals surface area contributed by atoms with Crippen molar-refractivity contribution in [3.63, 3.8) is 0 Å². The highest BCUT2D eigenvalue weighted by atomic mass is 16.7. The predicted molar refractivity (Wildman–Crippen MR) is 85.9 cm³/mol. The summed E-state index contributed by atoms with van der Waals surface area (Å²) in [4.78, 5) is 28.1. The molecule has 0 spiro atoms. The number of carbonyl (C=O) groups is 2. The van der Waals surface area contributed by atoms with Crippen LogP contribution in [0.2, 0.25) is 0 Å². The minimum atomic E-state index is -0.223. The molecule has 1 aliphatic rings. The second-order valence-electron chi connectivity index (χ2n) is 5.80. The fraction of sp³-hybridized carbons (Fsp3) is 0.333. The molecule has 0 aliphatic carbocycles. The lowest BCUT2D eigenvalue weighted by Gasteiger charge is -2.31. The minimum absolute atomic E-state index is 0.223. The molecule has 120 valence electrons. The van der Waals surface area contributed by atoms with Crippen LogP contribution in [0.1, 0.15) is 34.8 Å². The molecule has 1 aliphatic heterocycles. The van der Waals surface area contributed by atoms with Gasteiger partial charge in [0.1, 0.15) is 0 Å². The number of rotatable bonds is 5. The van der Waals surface area contributed by atoms with Gasteiger partial charge in [-0.05, 0) is 24.5 Å². The number of aldehydes is 1. The molecule has 1 fully saturated rings. The third-order valence-electron chi connectivity index (χ3n) is 4.14. The lowest BCUT2D eigenvalue weighted by Crippen LogP contribution is -2.36. The Morgan fingerprint density at radius 2 is 1.91 bits per heavy atom. The van der Waals surface area contributed by atoms with E-state index in [0.29, 0.717) is 31.1 Å². The Kier molecular flexibility index (Phi) is 4.88. The highest BCUT2D eigenvalue weighted by Gasteiger charge is 2.23. The molecular weight excluding hydrogens is 292 g/mol. The van der Waals surface area contributed by atoms with Gasteiger partial charge in [0.25, 0.3) is 0 Å². The highest BCUT2D eigenvalue weighted by molar-refractivity contribution is 5.74. The molecule has 0 atom stereocenters. The second kappa shape index (κ2) is 7.24. The molecule has 5 nitrogen and oxygen atoms in total. The Hall–Kier alpha value is -2.40. The van der Waals surface area contributed by atoms with Crippen molar-refractivity contribution < 1.29 is 14.4 Å². The Balaban J connectivity index is 1.47. The molecule has 0 unspecified atom stereocenters. The van der Waals surface area contributed by atoms with Crippen molar-refractivity contribution in [2.45, 2.75) is 25.3 Å². The first-order chi connectivity index (χ1) is 11.2. The molecule has 1 aromatic heterocycles. The fourth-order valence-corrected chi connectivity index (χ4v) is 2.90. The maximum Gasteiger partial charge on any atom is 0.329 e. The normalized spacial score (nSPS) is 16.2. The van der Waals surface area contributed by atoms with E-state index < -0.39 is 0 Å². The molecule has 0 bridgehead atoms. The molecule has 0 amide bonds. The van der Waals surface area contributed by atoms with Crippen LogP contribution in [0, 0.1) is 0 Å². The minimum Gasteiger partial charge on any atom is -0.368 e. The average molecular weight is 312 g/mol. The zero-order chi connectivity index (χ0) is 16.1. The number of hydroxylamine groups is 2. The number of hydrogen-bond donors (Lipinski definition) is 0. The summed E-state index contributed by atoms with van der Waals surface area (Å²) in [5.41, 5.74) is 1.66. The summed E-state index contributed by atoms with van der Waals surface area (Å²) in [6, 6.07) is 11.8. The van der Waals surface area contributed by atoms with Crippen LogP contribution in [-0.4, -0.2) is 35.0 Å². The van der Waals surface area contributed by atoms with Gasteiger partial charge in [0.05, 0.1) is 6.42 Å². The molecule has 23 heavy (non-hydrogen) atoms. The van der Waals surface area contributed by atoms with E-state index in [1.165, 1.54) is 0 Å². The van der Waals surface area contributed by atoms with E-state index in [0.717, 1.165) is 24.7 Å². The van der Waals surface area contributed by atoms with E-state index in [2.05, 4.69) is 4.57 Å². The maximum absolute atomic E-state index is 12.0. The predicted octanol–water partition coefficient (Wildman–Crippen LogP) is 2.64. The summed E-state index contributed by atoms with van der Waals surface area (Å²) in [6.45, 7) is 1.42. The van der Waals surface area contributed by atoms with Crippen molar-refractivity contribution in [2.24, 2.45) is 0 Å². The summed E-state index contributed by atoms with van der Waals surface area (Å²) >= 11 is 0. The van der Waals surface area contributed by atoms with E-state index in [4.69, 9.17) is 4.84 Å². The van der Waals surface area contributed by atoms with Gasteiger partial charge in [0, 0.05) is 37.1 Å². The third kappa shape index (κ3) is 4.07. The number of piperidine rings is 1. The first kappa shape index (κ1) is 15.5. The van der Waals surface area contributed by atoms with Crippen molar-refractivity contribution >= 4 is 12.3 Å². The van der Waals surface area contributed by atoms with Crippen molar-refractivity contribution in [3.8, 4) is 0 Å². The van der Waals surface area contributed by atoms with Crippen LogP contribution >= 0.6 is 0 Å². The molecule has 0 saturated carbocycles. The van der Waals surface area contributed by atoms with E-state index in [-0.39, 0.29) is 5.97 Å². The van der Waals surface area contributed by atoms with Gasteiger partial charge in [-0.15, -0.1) is 5.06 Å². The van der Waals surface area contributed by atoms with Crippen molar-refractivity contribution in [3.05, 3.63) is 59.9 Å². The first-order valence-electron chi connectivity index (χ1n) is 7.87. The van der Waals surface area contributed by atoms with Gasteiger partial charge >= 0.3 is 5.97 Å². The smallest absolute Gasteiger partial charge is 0.329 e. The molecule has 1 aromatic carbocycles. The van der Waals surface area contributed by atoms with E-state index in [9.17, 15) is 9.59 Å². The first-order valence-corrected chi connectivity index (χ1v) is 7.87. The Morgan fingerprint density at radius 1 is 1.17 bits per heavy atom. The van der Waals surface area contributed by atoms with E-state index in [1.807, 2.05) is 48.8 Å². The summed E-state index contributed by atoms with van der Waals surface area (Å²) in [6.07, 6.45) is 6.75. The number of hydrogen-bond acceptors (Lipinski definition) is 4. The Labute approximate surface area is 135 Å². The van der Waals surface area contributed by atoms with Crippen LogP contribution in [-0.2, 0) is 16.1 Å². The van der Waals surface area contributed by atoms with Gasteiger partial charge in [-0.1, -0.05) is 30.3 Å². The Bertz CT molecular complexity index is 658. The fourth-order valence-electron chi connectivity index (χ4n) is 2.90. The quantitative estimate of drug-likeness (QED) is 0.797. The van der Waals surface area contributed by atoms with Gasteiger partial charge in [0.2, 0.25) is 0 Å². The molecule has 0 radical (unpaired) electrons. The molecule has 0 N–H and O–H groups in total. The van der Waals surface area contributed by atoms with Crippen molar-refractivity contribution in [2.75, 3.05) is 13.1 Å². The summed E-state index contributed by atoms with van der Waals surface area (Å²) in [5.74, 6) is -0.223. The Morgan fingerprint density at radius 3 is 2.57 bits per heavy atom. The number of aromatic nitrogens is 1. The highest BCUT2D eigenvalue weighted by Crippen LogP contribution is 2.23. The molecule has 3 rings (SSSR count). The van der Waals surface area contributed by atoms with Crippen LogP contribution in [0.15, 0.2) is 48.8 Å². The molecule has 2 heterocycles. The second-order valence-corrected chi connectivity index (χ2v) is 5.80. The van der Waals surface area contributed by atoms with Crippen molar-refractivity contribution in [1.82, 2.24) is 9.63 Å². The van der Waals surface area contributed by atoms with Crippen LogP contribution < -0.4 is 0 Å². The zero-order valence-corrected chi connectivity index (χ0v) is 12.9. The van der Waals surface area contributed by atoms with E-state index in [1.54, 1.807) is 5.06 Å². The van der Waals surface area contributed by atoms with Gasteiger partial charge in [-0.25, -0.2) is 4.79 Å². The van der Waals surface area contributed by atoms with Gasteiger partial charge in [-0.3, -0.25) is 4.79 Å². The number of nitrogens with zero attached hydrogens (tertiary/aromatic N) is 2. The average Bonchev–Trinajstić information content (AvgIpc) is 3.05. The van der Waals surface area contributed by atoms with E-state index >= 15 is 0 Å². The third-order valence-corrected chi connectivity index (χ3v) is 4.14. The molecule has 2 aromatic rings. The SMILES string of the molecule is O=Cc1ccn(C2CCN(OC(=O)Cc3ccccc3)CC2)c1. The lowest BCUT2D eigenvalue weighted by molar-refractivity contribution is -0.195. The van der Waals surface area contributed by atoms with Crippen LogP contribution in [0.25, 0.3) is 0 Å². The van der Waals surface area contributed by atoms with Crippen LogP contribution in [0.4, 0.5) is 0 Å². The number of carbonyl (C=O) groups excluding carboxylic acids is 2. The summed E-state index contributed by atoms with van der Waals surface area (Å²) in [7, 11) is 0. The maximum atomic E-state index is 12.0. The van der Waals surface area contributed by atoms with Gasteiger partial charge < -0.3 is 9.40 Å². The zero-order valence-electron chi connectivity index (χ0n) is 12.9. The lowest BCUT2D eigenvalue weighted by atomic mass is 10.1. The monoisotopic (exact) mass is 312 g/mol. The summed E-state index contributed by atoms with van der Waals surface area (Å²) in [5, 5.41) is 1.74. The molecular formula is C18H20N2O3. The topological polar surface area (TPSA) is 51.5 Å².